The van der Waals surface area contributed by atoms with E-state index < -0.39 is 15.6 Å². The SMILES string of the molecule is CC1CCCC(CCl)(NS(=O)(=O)c2ccnn2C)C1. The third-order valence-electron chi connectivity index (χ3n) is 3.75. The Balaban J connectivity index is 2.25. The van der Waals surface area contributed by atoms with Gasteiger partial charge in [0.2, 0.25) is 0 Å². The number of nitrogens with zero attached hydrogens (tertiary/aromatic N) is 2. The van der Waals surface area contributed by atoms with Gasteiger partial charge in [0.25, 0.3) is 10.0 Å². The lowest BCUT2D eigenvalue weighted by Crippen LogP contribution is -2.52. The van der Waals surface area contributed by atoms with Gasteiger partial charge in [-0.2, -0.15) is 5.10 Å². The highest BCUT2D eigenvalue weighted by atomic mass is 35.5. The van der Waals surface area contributed by atoms with Crippen molar-refractivity contribution in [2.24, 2.45) is 13.0 Å². The second-order valence-corrected chi connectivity index (χ2v) is 7.41. The number of alkyl halides is 1. The highest BCUT2D eigenvalue weighted by Crippen LogP contribution is 2.34. The minimum Gasteiger partial charge on any atom is -0.256 e. The van der Waals surface area contributed by atoms with E-state index in [9.17, 15) is 8.42 Å². The maximum Gasteiger partial charge on any atom is 0.258 e. The van der Waals surface area contributed by atoms with Crippen LogP contribution in [-0.2, 0) is 17.1 Å². The Morgan fingerprint density at radius 3 is 2.89 bits per heavy atom. The number of sulfonamides is 1. The van der Waals surface area contributed by atoms with Crippen LogP contribution in [0.25, 0.3) is 0 Å². The lowest BCUT2D eigenvalue weighted by atomic mass is 9.78. The van der Waals surface area contributed by atoms with Crippen LogP contribution in [0.5, 0.6) is 0 Å². The van der Waals surface area contributed by atoms with Gasteiger partial charge in [0.05, 0.1) is 6.20 Å². The summed E-state index contributed by atoms with van der Waals surface area (Å²) >= 11 is 6.06. The van der Waals surface area contributed by atoms with Gasteiger partial charge in [0, 0.05) is 18.5 Å². The summed E-state index contributed by atoms with van der Waals surface area (Å²) in [5.41, 5.74) is -0.525. The first-order valence-electron chi connectivity index (χ1n) is 6.46. The highest BCUT2D eigenvalue weighted by molar-refractivity contribution is 7.89. The molecule has 1 fully saturated rings. The molecule has 1 N–H and O–H groups in total. The molecule has 0 saturated heterocycles. The molecule has 0 aromatic carbocycles. The van der Waals surface area contributed by atoms with Gasteiger partial charge >= 0.3 is 0 Å². The summed E-state index contributed by atoms with van der Waals surface area (Å²) < 4.78 is 29.0. The molecule has 1 aliphatic rings. The Morgan fingerprint density at radius 1 is 1.63 bits per heavy atom. The number of hydrogen-bond donors (Lipinski definition) is 1. The van der Waals surface area contributed by atoms with Gasteiger partial charge < -0.3 is 0 Å². The van der Waals surface area contributed by atoms with E-state index >= 15 is 0 Å². The Hall–Kier alpha value is -0.590. The van der Waals surface area contributed by atoms with Crippen LogP contribution in [0.15, 0.2) is 17.3 Å². The van der Waals surface area contributed by atoms with E-state index in [-0.39, 0.29) is 5.03 Å². The molecule has 5 nitrogen and oxygen atoms in total. The molecule has 2 unspecified atom stereocenters. The maximum atomic E-state index is 12.4. The molecule has 0 spiro atoms. The van der Waals surface area contributed by atoms with Crippen molar-refractivity contribution in [3.8, 4) is 0 Å². The normalized spacial score (nSPS) is 28.5. The quantitative estimate of drug-likeness (QED) is 0.864. The van der Waals surface area contributed by atoms with Crippen LogP contribution in [0.4, 0.5) is 0 Å². The van der Waals surface area contributed by atoms with Crippen molar-refractivity contribution < 1.29 is 8.42 Å². The maximum absolute atomic E-state index is 12.4. The van der Waals surface area contributed by atoms with Gasteiger partial charge in [0.15, 0.2) is 5.03 Å². The standard InChI is InChI=1S/C12H20ClN3O2S/c1-10-4-3-6-12(8-10,9-13)15-19(17,18)11-5-7-14-16(11)2/h5,7,10,15H,3-4,6,8-9H2,1-2H3. The summed E-state index contributed by atoms with van der Waals surface area (Å²) in [6, 6.07) is 1.50. The minimum atomic E-state index is -3.58. The van der Waals surface area contributed by atoms with Gasteiger partial charge in [-0.05, 0) is 24.8 Å². The molecular formula is C12H20ClN3O2S. The van der Waals surface area contributed by atoms with Crippen molar-refractivity contribution in [1.82, 2.24) is 14.5 Å². The minimum absolute atomic E-state index is 0.176. The average molecular weight is 306 g/mol. The van der Waals surface area contributed by atoms with Gasteiger partial charge in [-0.3, -0.25) is 4.68 Å². The van der Waals surface area contributed by atoms with Crippen LogP contribution in [-0.4, -0.2) is 29.6 Å². The smallest absolute Gasteiger partial charge is 0.256 e. The molecule has 2 atom stereocenters. The predicted octanol–water partition coefficient (Wildman–Crippen LogP) is 1.89. The first kappa shape index (κ1) is 14.8. The number of rotatable bonds is 4. The van der Waals surface area contributed by atoms with Crippen molar-refractivity contribution in [2.75, 3.05) is 5.88 Å². The second-order valence-electron chi connectivity index (χ2n) is 5.51. The first-order chi connectivity index (χ1) is 8.88. The summed E-state index contributed by atoms with van der Waals surface area (Å²) in [5.74, 6) is 0.788. The Bertz CT molecular complexity index is 543. The van der Waals surface area contributed by atoms with E-state index in [2.05, 4.69) is 16.7 Å². The molecule has 0 bridgehead atoms. The average Bonchev–Trinajstić information content (AvgIpc) is 2.75. The van der Waals surface area contributed by atoms with E-state index in [1.165, 1.54) is 16.9 Å². The molecule has 1 saturated carbocycles. The van der Waals surface area contributed by atoms with E-state index in [4.69, 9.17) is 11.6 Å². The number of halogens is 1. The van der Waals surface area contributed by atoms with Crippen molar-refractivity contribution in [3.63, 3.8) is 0 Å². The van der Waals surface area contributed by atoms with Crippen LogP contribution >= 0.6 is 11.6 Å². The first-order valence-corrected chi connectivity index (χ1v) is 8.48. The predicted molar refractivity (Wildman–Crippen MR) is 74.6 cm³/mol. The van der Waals surface area contributed by atoms with Crippen LogP contribution in [0.2, 0.25) is 0 Å². The number of aromatic nitrogens is 2. The van der Waals surface area contributed by atoms with Crippen molar-refractivity contribution >= 4 is 21.6 Å². The van der Waals surface area contributed by atoms with Gasteiger partial charge in [-0.15, -0.1) is 11.6 Å². The number of hydrogen-bond acceptors (Lipinski definition) is 3. The third kappa shape index (κ3) is 3.12. The van der Waals surface area contributed by atoms with Crippen molar-refractivity contribution in [2.45, 2.75) is 43.2 Å². The summed E-state index contributed by atoms with van der Waals surface area (Å²) in [4.78, 5) is 0. The third-order valence-corrected chi connectivity index (χ3v) is 5.91. The zero-order valence-electron chi connectivity index (χ0n) is 11.3. The van der Waals surface area contributed by atoms with Crippen molar-refractivity contribution in [1.29, 1.82) is 0 Å². The molecule has 1 heterocycles. The summed E-state index contributed by atoms with van der Waals surface area (Å²) in [6.07, 6.45) is 5.19. The molecule has 7 heteroatoms. The zero-order chi connectivity index (χ0) is 14.1. The molecule has 1 aromatic rings. The number of aryl methyl sites for hydroxylation is 1. The van der Waals surface area contributed by atoms with Crippen LogP contribution in [0, 0.1) is 5.92 Å². The summed E-state index contributed by atoms with van der Waals surface area (Å²) in [6.45, 7) is 2.14. The topological polar surface area (TPSA) is 64.0 Å². The summed E-state index contributed by atoms with van der Waals surface area (Å²) in [5, 5.41) is 4.08. The van der Waals surface area contributed by atoms with Gasteiger partial charge in [0.1, 0.15) is 0 Å². The lowest BCUT2D eigenvalue weighted by Gasteiger charge is -2.38. The largest absolute Gasteiger partial charge is 0.258 e. The second kappa shape index (κ2) is 5.42. The fourth-order valence-corrected chi connectivity index (χ4v) is 4.82. The Kier molecular flexibility index (Phi) is 4.23. The van der Waals surface area contributed by atoms with Crippen LogP contribution in [0.3, 0.4) is 0 Å². The molecule has 2 rings (SSSR count). The Morgan fingerprint density at radius 2 is 2.37 bits per heavy atom. The molecule has 0 radical (unpaired) electrons. The molecule has 1 aliphatic carbocycles. The molecular weight excluding hydrogens is 286 g/mol. The van der Waals surface area contributed by atoms with Crippen molar-refractivity contribution in [3.05, 3.63) is 12.3 Å². The van der Waals surface area contributed by atoms with E-state index in [1.54, 1.807) is 7.05 Å². The molecule has 1 aromatic heterocycles. The van der Waals surface area contributed by atoms with Gasteiger partial charge in [-0.25, -0.2) is 13.1 Å². The van der Waals surface area contributed by atoms with Crippen LogP contribution < -0.4 is 4.72 Å². The highest BCUT2D eigenvalue weighted by Gasteiger charge is 2.38. The fraction of sp³-hybridized carbons (Fsp3) is 0.750. The van der Waals surface area contributed by atoms with E-state index in [0.717, 1.165) is 25.7 Å². The Labute approximate surface area is 119 Å². The fourth-order valence-electron chi connectivity index (χ4n) is 2.86. The van der Waals surface area contributed by atoms with Crippen LogP contribution in [0.1, 0.15) is 32.6 Å². The summed E-state index contributed by atoms with van der Waals surface area (Å²) in [7, 11) is -1.96. The monoisotopic (exact) mass is 305 g/mol. The van der Waals surface area contributed by atoms with E-state index in [1.807, 2.05) is 0 Å². The van der Waals surface area contributed by atoms with Gasteiger partial charge in [-0.1, -0.05) is 19.8 Å². The molecule has 108 valence electrons. The number of nitrogens with one attached hydrogen (secondary N) is 1. The lowest BCUT2D eigenvalue weighted by molar-refractivity contribution is 0.238. The zero-order valence-corrected chi connectivity index (χ0v) is 12.8. The molecule has 19 heavy (non-hydrogen) atoms. The van der Waals surface area contributed by atoms with E-state index in [0.29, 0.717) is 11.8 Å². The molecule has 0 aliphatic heterocycles. The molecule has 0 amide bonds.